The SMILES string of the molecule is CNCc1cnc(Oc2ccc(Cl)cc2C)nc1. The van der Waals surface area contributed by atoms with Crippen LogP contribution in [0.15, 0.2) is 30.6 Å². The number of nitrogens with zero attached hydrogens (tertiary/aromatic N) is 2. The number of hydrogen-bond acceptors (Lipinski definition) is 4. The minimum absolute atomic E-state index is 0.334. The molecule has 0 fully saturated rings. The Balaban J connectivity index is 2.13. The molecule has 1 N–H and O–H groups in total. The number of rotatable bonds is 4. The van der Waals surface area contributed by atoms with Crippen LogP contribution in [0.3, 0.4) is 0 Å². The van der Waals surface area contributed by atoms with Gasteiger partial charge in [-0.3, -0.25) is 0 Å². The molecule has 5 heteroatoms. The Bertz CT molecular complexity index is 528. The molecule has 2 aromatic rings. The van der Waals surface area contributed by atoms with Gasteiger partial charge in [0.25, 0.3) is 0 Å². The smallest absolute Gasteiger partial charge is 0.321 e. The van der Waals surface area contributed by atoms with E-state index >= 15 is 0 Å². The molecule has 0 aliphatic rings. The summed E-state index contributed by atoms with van der Waals surface area (Å²) in [6, 6.07) is 5.76. The van der Waals surface area contributed by atoms with Crippen LogP contribution in [0.5, 0.6) is 11.8 Å². The number of aromatic nitrogens is 2. The summed E-state index contributed by atoms with van der Waals surface area (Å²) in [5.74, 6) is 0.709. The van der Waals surface area contributed by atoms with E-state index in [1.165, 1.54) is 0 Å². The molecule has 0 saturated carbocycles. The molecule has 1 aromatic carbocycles. The Morgan fingerprint density at radius 3 is 2.61 bits per heavy atom. The van der Waals surface area contributed by atoms with Crippen LogP contribution < -0.4 is 10.1 Å². The number of halogens is 1. The largest absolute Gasteiger partial charge is 0.424 e. The Kier molecular flexibility index (Phi) is 4.12. The highest BCUT2D eigenvalue weighted by Gasteiger charge is 2.04. The fraction of sp³-hybridized carbons (Fsp3) is 0.231. The summed E-state index contributed by atoms with van der Waals surface area (Å²) in [5.41, 5.74) is 1.96. The molecular formula is C13H14ClN3O. The van der Waals surface area contributed by atoms with Crippen molar-refractivity contribution < 1.29 is 4.74 Å². The quantitative estimate of drug-likeness (QED) is 0.921. The molecular weight excluding hydrogens is 250 g/mol. The maximum atomic E-state index is 5.88. The predicted molar refractivity (Wildman–Crippen MR) is 71.1 cm³/mol. The van der Waals surface area contributed by atoms with E-state index < -0.39 is 0 Å². The monoisotopic (exact) mass is 263 g/mol. The topological polar surface area (TPSA) is 47.0 Å². The van der Waals surface area contributed by atoms with Crippen LogP contribution in [-0.4, -0.2) is 17.0 Å². The molecule has 0 aliphatic heterocycles. The standard InChI is InChI=1S/C13H14ClN3O/c1-9-5-11(14)3-4-12(9)18-13-16-7-10(6-15-2)8-17-13/h3-5,7-8,15H,6H2,1-2H3. The zero-order valence-electron chi connectivity index (χ0n) is 10.3. The van der Waals surface area contributed by atoms with Crippen molar-refractivity contribution >= 4 is 11.6 Å². The van der Waals surface area contributed by atoms with Crippen molar-refractivity contribution in [3.8, 4) is 11.8 Å². The zero-order chi connectivity index (χ0) is 13.0. The lowest BCUT2D eigenvalue weighted by atomic mass is 10.2. The van der Waals surface area contributed by atoms with E-state index in [0.29, 0.717) is 16.8 Å². The molecule has 0 amide bonds. The van der Waals surface area contributed by atoms with Crippen LogP contribution in [-0.2, 0) is 6.54 Å². The Morgan fingerprint density at radius 2 is 2.00 bits per heavy atom. The fourth-order valence-corrected chi connectivity index (χ4v) is 1.74. The first-order chi connectivity index (χ1) is 8.69. The molecule has 0 bridgehead atoms. The average molecular weight is 264 g/mol. The van der Waals surface area contributed by atoms with Crippen molar-refractivity contribution in [2.45, 2.75) is 13.5 Å². The van der Waals surface area contributed by atoms with Gasteiger partial charge in [0.2, 0.25) is 0 Å². The van der Waals surface area contributed by atoms with Gasteiger partial charge in [0.1, 0.15) is 5.75 Å². The Hall–Kier alpha value is -1.65. The van der Waals surface area contributed by atoms with Crippen LogP contribution in [0.1, 0.15) is 11.1 Å². The molecule has 0 spiro atoms. The van der Waals surface area contributed by atoms with Crippen LogP contribution >= 0.6 is 11.6 Å². The Morgan fingerprint density at radius 1 is 1.28 bits per heavy atom. The molecule has 18 heavy (non-hydrogen) atoms. The number of benzene rings is 1. The lowest BCUT2D eigenvalue weighted by Gasteiger charge is -2.07. The van der Waals surface area contributed by atoms with E-state index in [2.05, 4.69) is 15.3 Å². The highest BCUT2D eigenvalue weighted by molar-refractivity contribution is 6.30. The third-order valence-electron chi connectivity index (χ3n) is 2.40. The van der Waals surface area contributed by atoms with Crippen molar-refractivity contribution in [2.75, 3.05) is 7.05 Å². The zero-order valence-corrected chi connectivity index (χ0v) is 11.0. The maximum absolute atomic E-state index is 5.88. The molecule has 4 nitrogen and oxygen atoms in total. The predicted octanol–water partition coefficient (Wildman–Crippen LogP) is 2.95. The van der Waals surface area contributed by atoms with E-state index in [9.17, 15) is 0 Å². The van der Waals surface area contributed by atoms with Gasteiger partial charge in [0.05, 0.1) is 0 Å². The van der Waals surface area contributed by atoms with Crippen molar-refractivity contribution in [2.24, 2.45) is 0 Å². The summed E-state index contributed by atoms with van der Waals surface area (Å²) in [6.45, 7) is 2.66. The molecule has 1 aromatic heterocycles. The average Bonchev–Trinajstić information content (AvgIpc) is 2.35. The van der Waals surface area contributed by atoms with Crippen molar-refractivity contribution in [3.63, 3.8) is 0 Å². The van der Waals surface area contributed by atoms with Gasteiger partial charge in [-0.2, -0.15) is 0 Å². The second-order valence-corrected chi connectivity index (χ2v) is 4.35. The minimum atomic E-state index is 0.334. The maximum Gasteiger partial charge on any atom is 0.321 e. The summed E-state index contributed by atoms with van der Waals surface area (Å²) in [6.07, 6.45) is 3.48. The van der Waals surface area contributed by atoms with Crippen LogP contribution in [0.25, 0.3) is 0 Å². The number of ether oxygens (including phenoxy) is 1. The highest BCUT2D eigenvalue weighted by atomic mass is 35.5. The molecule has 94 valence electrons. The van der Waals surface area contributed by atoms with Gasteiger partial charge < -0.3 is 10.1 Å². The first-order valence-electron chi connectivity index (χ1n) is 5.58. The van der Waals surface area contributed by atoms with Crippen molar-refractivity contribution in [3.05, 3.63) is 46.7 Å². The third kappa shape index (κ3) is 3.18. The van der Waals surface area contributed by atoms with E-state index in [1.807, 2.05) is 26.1 Å². The summed E-state index contributed by atoms with van der Waals surface area (Å²) in [5, 5.41) is 3.72. The Labute approximate surface area is 111 Å². The molecule has 0 aliphatic carbocycles. The fourth-order valence-electron chi connectivity index (χ4n) is 1.52. The van der Waals surface area contributed by atoms with Gasteiger partial charge in [0, 0.05) is 29.5 Å². The van der Waals surface area contributed by atoms with Gasteiger partial charge in [-0.1, -0.05) is 11.6 Å². The van der Waals surface area contributed by atoms with Crippen LogP contribution in [0.4, 0.5) is 0 Å². The second-order valence-electron chi connectivity index (χ2n) is 3.92. The summed E-state index contributed by atoms with van der Waals surface area (Å²) >= 11 is 5.88. The molecule has 2 rings (SSSR count). The second kappa shape index (κ2) is 5.80. The lowest BCUT2D eigenvalue weighted by Crippen LogP contribution is -2.06. The normalized spacial score (nSPS) is 10.4. The molecule has 0 atom stereocenters. The minimum Gasteiger partial charge on any atom is -0.424 e. The van der Waals surface area contributed by atoms with Gasteiger partial charge >= 0.3 is 6.01 Å². The molecule has 0 unspecified atom stereocenters. The highest BCUT2D eigenvalue weighted by Crippen LogP contribution is 2.25. The third-order valence-corrected chi connectivity index (χ3v) is 2.64. The molecule has 1 heterocycles. The number of hydrogen-bond donors (Lipinski definition) is 1. The van der Waals surface area contributed by atoms with Gasteiger partial charge in [-0.15, -0.1) is 0 Å². The first kappa shape index (κ1) is 12.8. The summed E-state index contributed by atoms with van der Waals surface area (Å²) in [4.78, 5) is 8.30. The van der Waals surface area contributed by atoms with E-state index in [4.69, 9.17) is 16.3 Å². The summed E-state index contributed by atoms with van der Waals surface area (Å²) in [7, 11) is 1.88. The molecule has 0 radical (unpaired) electrons. The van der Waals surface area contributed by atoms with Crippen molar-refractivity contribution in [1.29, 1.82) is 0 Å². The molecule has 0 saturated heterocycles. The van der Waals surface area contributed by atoms with Gasteiger partial charge in [-0.05, 0) is 37.7 Å². The van der Waals surface area contributed by atoms with Crippen LogP contribution in [0, 0.1) is 6.92 Å². The van der Waals surface area contributed by atoms with Crippen LogP contribution in [0.2, 0.25) is 5.02 Å². The van der Waals surface area contributed by atoms with E-state index in [0.717, 1.165) is 17.7 Å². The van der Waals surface area contributed by atoms with Gasteiger partial charge in [0.15, 0.2) is 0 Å². The van der Waals surface area contributed by atoms with Crippen molar-refractivity contribution in [1.82, 2.24) is 15.3 Å². The van der Waals surface area contributed by atoms with E-state index in [-0.39, 0.29) is 0 Å². The lowest BCUT2D eigenvalue weighted by molar-refractivity contribution is 0.437. The number of aryl methyl sites for hydroxylation is 1. The summed E-state index contributed by atoms with van der Waals surface area (Å²) < 4.78 is 5.60. The van der Waals surface area contributed by atoms with Gasteiger partial charge in [-0.25, -0.2) is 9.97 Å². The first-order valence-corrected chi connectivity index (χ1v) is 5.96. The number of nitrogens with one attached hydrogen (secondary N) is 1. The van der Waals surface area contributed by atoms with E-state index in [1.54, 1.807) is 18.5 Å².